The molecule has 0 radical (unpaired) electrons. The molecule has 2 rings (SSSR count). The van der Waals surface area contributed by atoms with Crippen molar-refractivity contribution in [2.45, 2.75) is 12.6 Å². The molecule has 0 aliphatic carbocycles. The van der Waals surface area contributed by atoms with E-state index in [1.165, 1.54) is 0 Å². The van der Waals surface area contributed by atoms with E-state index >= 15 is 0 Å². The van der Waals surface area contributed by atoms with Crippen LogP contribution in [-0.4, -0.2) is 11.7 Å². The maximum absolute atomic E-state index is 12.6. The molecule has 1 aromatic carbocycles. The first-order valence-corrected chi connectivity index (χ1v) is 5.68. The van der Waals surface area contributed by atoms with Gasteiger partial charge in [-0.2, -0.15) is 23.3 Å². The van der Waals surface area contributed by atoms with Crippen LogP contribution in [0.15, 0.2) is 17.2 Å². The largest absolute Gasteiger partial charge is 0.416 e. The number of halogens is 5. The number of hydrogen-bond donors (Lipinski definition) is 1. The van der Waals surface area contributed by atoms with Crippen LogP contribution in [0, 0.1) is 0 Å². The van der Waals surface area contributed by atoms with Gasteiger partial charge in [0, 0.05) is 0 Å². The second-order valence-electron chi connectivity index (χ2n) is 3.76. The number of amidine groups is 1. The lowest BCUT2D eigenvalue weighted by Gasteiger charge is -2.17. The Morgan fingerprint density at radius 1 is 1.26 bits per heavy atom. The number of carbonyl (C=O) groups is 1. The van der Waals surface area contributed by atoms with Crippen LogP contribution in [0.25, 0.3) is 0 Å². The van der Waals surface area contributed by atoms with E-state index in [1.54, 1.807) is 0 Å². The Morgan fingerprint density at radius 2 is 1.79 bits per heavy atom. The van der Waals surface area contributed by atoms with Gasteiger partial charge in [0.05, 0.1) is 22.0 Å². The van der Waals surface area contributed by atoms with E-state index in [9.17, 15) is 18.0 Å². The average molecular weight is 312 g/mol. The van der Waals surface area contributed by atoms with Crippen LogP contribution in [0.5, 0.6) is 0 Å². The normalized spacial score (nSPS) is 15.9. The van der Waals surface area contributed by atoms with Gasteiger partial charge in [-0.1, -0.05) is 23.2 Å². The topological polar surface area (TPSA) is 58.7 Å². The van der Waals surface area contributed by atoms with Gasteiger partial charge in [0.15, 0.2) is 0 Å². The average Bonchev–Trinajstić information content (AvgIpc) is 2.55. The van der Waals surface area contributed by atoms with Crippen LogP contribution in [0.4, 0.5) is 18.9 Å². The molecule has 1 aliphatic heterocycles. The second kappa shape index (κ2) is 4.57. The highest BCUT2D eigenvalue weighted by molar-refractivity contribution is 6.40. The van der Waals surface area contributed by atoms with E-state index in [1.807, 2.05) is 0 Å². The molecule has 0 unspecified atom stereocenters. The molecule has 1 amide bonds. The zero-order valence-electron chi connectivity index (χ0n) is 9.13. The van der Waals surface area contributed by atoms with Crippen LogP contribution >= 0.6 is 23.2 Å². The third-order valence-electron chi connectivity index (χ3n) is 2.35. The molecule has 2 N–H and O–H groups in total. The summed E-state index contributed by atoms with van der Waals surface area (Å²) in [6.07, 6.45) is -4.71. The van der Waals surface area contributed by atoms with Crippen LogP contribution in [0.3, 0.4) is 0 Å². The molecule has 19 heavy (non-hydrogen) atoms. The molecule has 1 aliphatic rings. The number of amides is 1. The highest BCUT2D eigenvalue weighted by Gasteiger charge is 2.34. The summed E-state index contributed by atoms with van der Waals surface area (Å²) in [6.45, 7) is 0. The second-order valence-corrected chi connectivity index (χ2v) is 4.57. The number of hydrazone groups is 1. The third kappa shape index (κ3) is 2.62. The minimum atomic E-state index is -4.58. The smallest absolute Gasteiger partial charge is 0.385 e. The first kappa shape index (κ1) is 14.0. The quantitative estimate of drug-likeness (QED) is 0.866. The van der Waals surface area contributed by atoms with Crippen LogP contribution < -0.4 is 10.7 Å². The monoisotopic (exact) mass is 311 g/mol. The number of benzene rings is 1. The van der Waals surface area contributed by atoms with Crippen molar-refractivity contribution in [3.63, 3.8) is 0 Å². The SMILES string of the molecule is NC1=NN(c2c(Cl)cc(C(F)(F)F)cc2Cl)C(=O)C1. The minimum absolute atomic E-state index is 0.0389. The molecule has 0 aromatic heterocycles. The molecule has 0 atom stereocenters. The number of rotatable bonds is 1. The van der Waals surface area contributed by atoms with Crippen LogP contribution in [0.1, 0.15) is 12.0 Å². The maximum Gasteiger partial charge on any atom is 0.416 e. The highest BCUT2D eigenvalue weighted by Crippen LogP contribution is 2.41. The zero-order chi connectivity index (χ0) is 14.4. The summed E-state index contributed by atoms with van der Waals surface area (Å²) in [6, 6.07) is 1.36. The number of anilines is 1. The van der Waals surface area contributed by atoms with Gasteiger partial charge in [-0.25, -0.2) is 0 Å². The Kier molecular flexibility index (Phi) is 3.36. The Labute approximate surface area is 115 Å². The highest BCUT2D eigenvalue weighted by atomic mass is 35.5. The van der Waals surface area contributed by atoms with E-state index in [0.717, 1.165) is 5.01 Å². The van der Waals surface area contributed by atoms with E-state index in [-0.39, 0.29) is 28.0 Å². The number of nitrogens with two attached hydrogens (primary N) is 1. The fourth-order valence-corrected chi connectivity index (χ4v) is 2.20. The molecule has 0 spiro atoms. The molecule has 0 bridgehead atoms. The van der Waals surface area contributed by atoms with Crippen LogP contribution in [0.2, 0.25) is 10.0 Å². The molecule has 0 saturated carbocycles. The van der Waals surface area contributed by atoms with Crippen molar-refractivity contribution in [1.29, 1.82) is 0 Å². The van der Waals surface area contributed by atoms with Gasteiger partial charge in [0.1, 0.15) is 11.5 Å². The summed E-state index contributed by atoms with van der Waals surface area (Å²) >= 11 is 11.5. The van der Waals surface area contributed by atoms with E-state index in [2.05, 4.69) is 5.10 Å². The van der Waals surface area contributed by atoms with Gasteiger partial charge in [0.25, 0.3) is 5.91 Å². The molecule has 4 nitrogen and oxygen atoms in total. The molecule has 0 fully saturated rings. The number of nitrogens with zero attached hydrogens (tertiary/aromatic N) is 2. The summed E-state index contributed by atoms with van der Waals surface area (Å²) in [5.74, 6) is -0.474. The van der Waals surface area contributed by atoms with Gasteiger partial charge in [-0.3, -0.25) is 4.79 Å². The third-order valence-corrected chi connectivity index (χ3v) is 2.93. The molecule has 9 heteroatoms. The van der Waals surface area contributed by atoms with Crippen LogP contribution in [-0.2, 0) is 11.0 Å². The summed E-state index contributed by atoms with van der Waals surface area (Å²) in [5, 5.41) is 3.83. The standard InChI is InChI=1S/C10H6Cl2F3N3O/c11-5-1-4(10(13,14)15)2-6(12)9(5)18-8(19)3-7(16)17-18/h1-2H,3H2,(H2,16,17). The summed E-state index contributed by atoms with van der Waals surface area (Å²) in [5.41, 5.74) is 4.26. The van der Waals surface area contributed by atoms with E-state index in [4.69, 9.17) is 28.9 Å². The summed E-state index contributed by atoms with van der Waals surface area (Å²) in [7, 11) is 0. The molecule has 102 valence electrons. The van der Waals surface area contributed by atoms with Gasteiger partial charge in [0.2, 0.25) is 0 Å². The fourth-order valence-electron chi connectivity index (χ4n) is 1.56. The Balaban J connectivity index is 2.52. The first-order chi connectivity index (χ1) is 8.70. The Bertz CT molecular complexity index is 563. The zero-order valence-corrected chi connectivity index (χ0v) is 10.6. The van der Waals surface area contributed by atoms with Crippen molar-refractivity contribution in [3.8, 4) is 0 Å². The molecule has 0 saturated heterocycles. The van der Waals surface area contributed by atoms with Gasteiger partial charge < -0.3 is 5.73 Å². The van der Waals surface area contributed by atoms with Gasteiger partial charge >= 0.3 is 6.18 Å². The van der Waals surface area contributed by atoms with Crippen molar-refractivity contribution in [2.75, 3.05) is 5.01 Å². The lowest BCUT2D eigenvalue weighted by atomic mass is 10.2. The first-order valence-electron chi connectivity index (χ1n) is 4.92. The number of carbonyl (C=O) groups excluding carboxylic acids is 1. The molecule has 1 aromatic rings. The summed E-state index contributed by atoms with van der Waals surface area (Å²) < 4.78 is 37.7. The molecular weight excluding hydrogens is 306 g/mol. The van der Waals surface area contributed by atoms with Crippen molar-refractivity contribution in [1.82, 2.24) is 0 Å². The lowest BCUT2D eigenvalue weighted by molar-refractivity contribution is -0.137. The van der Waals surface area contributed by atoms with Crippen molar-refractivity contribution in [3.05, 3.63) is 27.7 Å². The molecule has 1 heterocycles. The van der Waals surface area contributed by atoms with Crippen molar-refractivity contribution in [2.24, 2.45) is 10.8 Å². The maximum atomic E-state index is 12.6. The van der Waals surface area contributed by atoms with E-state index in [0.29, 0.717) is 12.1 Å². The van der Waals surface area contributed by atoms with Gasteiger partial charge in [-0.15, -0.1) is 0 Å². The minimum Gasteiger partial charge on any atom is -0.385 e. The Morgan fingerprint density at radius 3 is 2.16 bits per heavy atom. The predicted octanol–water partition coefficient (Wildman–Crippen LogP) is 3.02. The number of alkyl halides is 3. The predicted molar refractivity (Wildman–Crippen MR) is 65.2 cm³/mol. The van der Waals surface area contributed by atoms with Crippen molar-refractivity contribution >= 4 is 40.6 Å². The van der Waals surface area contributed by atoms with Crippen molar-refractivity contribution < 1.29 is 18.0 Å². The van der Waals surface area contributed by atoms with Gasteiger partial charge in [-0.05, 0) is 12.1 Å². The number of hydrogen-bond acceptors (Lipinski definition) is 3. The lowest BCUT2D eigenvalue weighted by Crippen LogP contribution is -2.21. The molecular formula is C10H6Cl2F3N3O. The summed E-state index contributed by atoms with van der Waals surface area (Å²) in [4.78, 5) is 11.6. The van der Waals surface area contributed by atoms with E-state index < -0.39 is 17.6 Å². The Hall–Kier alpha value is -1.47. The fraction of sp³-hybridized carbons (Fsp3) is 0.200.